The summed E-state index contributed by atoms with van der Waals surface area (Å²) >= 11 is 1.68. The van der Waals surface area contributed by atoms with Gasteiger partial charge in [-0.25, -0.2) is 4.98 Å². The van der Waals surface area contributed by atoms with Crippen molar-refractivity contribution in [3.05, 3.63) is 53.2 Å². The van der Waals surface area contributed by atoms with Crippen LogP contribution in [0.1, 0.15) is 36.6 Å². The quantitative estimate of drug-likeness (QED) is 0.909. The Morgan fingerprint density at radius 3 is 2.37 bits per heavy atom. The summed E-state index contributed by atoms with van der Waals surface area (Å²) in [5.41, 5.74) is 9.25. The molecule has 1 heterocycles. The summed E-state index contributed by atoms with van der Waals surface area (Å²) in [4.78, 5) is 5.79. The van der Waals surface area contributed by atoms with Crippen LogP contribution in [-0.2, 0) is 6.54 Å². The van der Waals surface area contributed by atoms with Crippen LogP contribution >= 0.6 is 11.8 Å². The van der Waals surface area contributed by atoms with Crippen LogP contribution in [0.4, 0.5) is 0 Å². The zero-order chi connectivity index (χ0) is 13.8. The van der Waals surface area contributed by atoms with E-state index in [-0.39, 0.29) is 0 Å². The Bertz CT molecular complexity index is 547. The summed E-state index contributed by atoms with van der Waals surface area (Å²) < 4.78 is 0. The lowest BCUT2D eigenvalue weighted by Gasteiger charge is -2.09. The molecule has 19 heavy (non-hydrogen) atoms. The first kappa shape index (κ1) is 14.1. The normalized spacial score (nSPS) is 11.0. The van der Waals surface area contributed by atoms with Crippen molar-refractivity contribution in [3.8, 4) is 0 Å². The van der Waals surface area contributed by atoms with Crippen molar-refractivity contribution in [2.24, 2.45) is 5.73 Å². The van der Waals surface area contributed by atoms with Gasteiger partial charge in [-0.05, 0) is 42.2 Å². The standard InChI is InChI=1S/C16H20N2S/c1-11(2)13-6-8-15(9-7-13)19-16-14(10-17)5-4-12(3)18-16/h4-9,11H,10,17H2,1-3H3. The highest BCUT2D eigenvalue weighted by molar-refractivity contribution is 7.99. The average molecular weight is 272 g/mol. The molecule has 3 heteroatoms. The molecule has 2 nitrogen and oxygen atoms in total. The summed E-state index contributed by atoms with van der Waals surface area (Å²) in [5, 5.41) is 1.01. The van der Waals surface area contributed by atoms with E-state index in [1.54, 1.807) is 11.8 Å². The molecule has 0 saturated carbocycles. The van der Waals surface area contributed by atoms with Crippen LogP contribution < -0.4 is 5.73 Å². The van der Waals surface area contributed by atoms with Crippen LogP contribution in [0.3, 0.4) is 0 Å². The third-order valence-electron chi connectivity index (χ3n) is 3.06. The largest absolute Gasteiger partial charge is 0.326 e. The van der Waals surface area contributed by atoms with Crippen molar-refractivity contribution in [2.75, 3.05) is 0 Å². The number of nitrogens with two attached hydrogens (primary N) is 1. The van der Waals surface area contributed by atoms with Crippen LogP contribution in [-0.4, -0.2) is 4.98 Å². The van der Waals surface area contributed by atoms with Gasteiger partial charge in [0.05, 0.1) is 0 Å². The maximum absolute atomic E-state index is 5.76. The highest BCUT2D eigenvalue weighted by Gasteiger charge is 2.06. The summed E-state index contributed by atoms with van der Waals surface area (Å²) in [6, 6.07) is 12.8. The fourth-order valence-corrected chi connectivity index (χ4v) is 2.81. The van der Waals surface area contributed by atoms with Crippen LogP contribution in [0.2, 0.25) is 0 Å². The molecule has 0 atom stereocenters. The molecule has 0 fully saturated rings. The molecular formula is C16H20N2S. The Morgan fingerprint density at radius 1 is 1.11 bits per heavy atom. The summed E-state index contributed by atoms with van der Waals surface area (Å²) in [6.07, 6.45) is 0. The van der Waals surface area contributed by atoms with Gasteiger partial charge in [-0.2, -0.15) is 0 Å². The fourth-order valence-electron chi connectivity index (χ4n) is 1.84. The Labute approximate surface area is 119 Å². The van der Waals surface area contributed by atoms with Gasteiger partial charge < -0.3 is 5.73 Å². The van der Waals surface area contributed by atoms with E-state index in [2.05, 4.69) is 49.2 Å². The predicted octanol–water partition coefficient (Wildman–Crippen LogP) is 4.12. The Kier molecular flexibility index (Phi) is 4.61. The number of aromatic nitrogens is 1. The maximum atomic E-state index is 5.76. The van der Waals surface area contributed by atoms with E-state index >= 15 is 0 Å². The van der Waals surface area contributed by atoms with E-state index in [4.69, 9.17) is 5.73 Å². The number of hydrogen-bond acceptors (Lipinski definition) is 3. The molecule has 0 aliphatic carbocycles. The molecule has 2 N–H and O–H groups in total. The maximum Gasteiger partial charge on any atom is 0.106 e. The first-order valence-corrected chi connectivity index (χ1v) is 7.36. The van der Waals surface area contributed by atoms with E-state index in [1.165, 1.54) is 10.5 Å². The molecule has 100 valence electrons. The molecule has 0 aliphatic rings. The average Bonchev–Trinajstić information content (AvgIpc) is 2.39. The van der Waals surface area contributed by atoms with E-state index in [0.29, 0.717) is 12.5 Å². The Morgan fingerprint density at radius 2 is 1.79 bits per heavy atom. The van der Waals surface area contributed by atoms with Crippen molar-refractivity contribution in [1.82, 2.24) is 4.98 Å². The second-order valence-corrected chi connectivity index (χ2v) is 6.01. The van der Waals surface area contributed by atoms with Gasteiger partial charge in [-0.1, -0.05) is 43.8 Å². The molecule has 2 aromatic rings. The number of nitrogens with zero attached hydrogens (tertiary/aromatic N) is 1. The molecule has 0 saturated heterocycles. The van der Waals surface area contributed by atoms with Gasteiger partial charge in [-0.15, -0.1) is 0 Å². The smallest absolute Gasteiger partial charge is 0.106 e. The molecular weight excluding hydrogens is 252 g/mol. The molecule has 0 bridgehead atoms. The van der Waals surface area contributed by atoms with E-state index in [0.717, 1.165) is 16.3 Å². The Hall–Kier alpha value is -1.32. The van der Waals surface area contributed by atoms with Crippen molar-refractivity contribution in [3.63, 3.8) is 0 Å². The van der Waals surface area contributed by atoms with Gasteiger partial charge in [0, 0.05) is 17.1 Å². The summed E-state index contributed by atoms with van der Waals surface area (Å²) in [5.74, 6) is 0.566. The first-order valence-electron chi connectivity index (χ1n) is 6.54. The van der Waals surface area contributed by atoms with Crippen molar-refractivity contribution < 1.29 is 0 Å². The van der Waals surface area contributed by atoms with E-state index in [9.17, 15) is 0 Å². The van der Waals surface area contributed by atoms with Crippen molar-refractivity contribution in [1.29, 1.82) is 0 Å². The van der Waals surface area contributed by atoms with Crippen molar-refractivity contribution in [2.45, 2.75) is 43.2 Å². The van der Waals surface area contributed by atoms with Crippen LogP contribution in [0.15, 0.2) is 46.3 Å². The minimum absolute atomic E-state index is 0.527. The zero-order valence-electron chi connectivity index (χ0n) is 11.7. The lowest BCUT2D eigenvalue weighted by atomic mass is 10.0. The minimum atomic E-state index is 0.527. The number of aryl methyl sites for hydroxylation is 1. The van der Waals surface area contributed by atoms with Crippen molar-refractivity contribution >= 4 is 11.8 Å². The molecule has 1 aromatic heterocycles. The minimum Gasteiger partial charge on any atom is -0.326 e. The second-order valence-electron chi connectivity index (χ2n) is 4.95. The third-order valence-corrected chi connectivity index (χ3v) is 4.11. The Balaban J connectivity index is 2.23. The molecule has 2 rings (SSSR count). The second kappa shape index (κ2) is 6.22. The first-order chi connectivity index (χ1) is 9.10. The van der Waals surface area contributed by atoms with Gasteiger partial charge in [0.2, 0.25) is 0 Å². The van der Waals surface area contributed by atoms with Gasteiger partial charge in [0.15, 0.2) is 0 Å². The highest BCUT2D eigenvalue weighted by atomic mass is 32.2. The topological polar surface area (TPSA) is 38.9 Å². The lowest BCUT2D eigenvalue weighted by molar-refractivity contribution is 0.864. The predicted molar refractivity (Wildman–Crippen MR) is 81.5 cm³/mol. The van der Waals surface area contributed by atoms with Crippen LogP contribution in [0, 0.1) is 6.92 Å². The highest BCUT2D eigenvalue weighted by Crippen LogP contribution is 2.30. The fraction of sp³-hybridized carbons (Fsp3) is 0.312. The van der Waals surface area contributed by atoms with E-state index in [1.807, 2.05) is 13.0 Å². The lowest BCUT2D eigenvalue weighted by Crippen LogP contribution is -2.00. The number of pyridine rings is 1. The molecule has 0 aliphatic heterocycles. The van der Waals surface area contributed by atoms with Gasteiger partial charge >= 0.3 is 0 Å². The number of benzene rings is 1. The monoisotopic (exact) mass is 272 g/mol. The summed E-state index contributed by atoms with van der Waals surface area (Å²) in [7, 11) is 0. The number of hydrogen-bond donors (Lipinski definition) is 1. The zero-order valence-corrected chi connectivity index (χ0v) is 12.5. The molecule has 0 radical (unpaired) electrons. The van der Waals surface area contributed by atoms with Gasteiger partial charge in [-0.3, -0.25) is 0 Å². The van der Waals surface area contributed by atoms with E-state index < -0.39 is 0 Å². The third kappa shape index (κ3) is 3.58. The molecule has 1 aromatic carbocycles. The van der Waals surface area contributed by atoms with Crippen LogP contribution in [0.5, 0.6) is 0 Å². The van der Waals surface area contributed by atoms with Gasteiger partial charge in [0.25, 0.3) is 0 Å². The molecule has 0 spiro atoms. The SMILES string of the molecule is Cc1ccc(CN)c(Sc2ccc(C(C)C)cc2)n1. The summed E-state index contributed by atoms with van der Waals surface area (Å²) in [6.45, 7) is 6.94. The number of rotatable bonds is 4. The van der Waals surface area contributed by atoms with Gasteiger partial charge in [0.1, 0.15) is 5.03 Å². The molecule has 0 unspecified atom stereocenters. The van der Waals surface area contributed by atoms with Crippen LogP contribution in [0.25, 0.3) is 0 Å². The molecule has 0 amide bonds.